The van der Waals surface area contributed by atoms with E-state index in [1.165, 1.54) is 0 Å². The van der Waals surface area contributed by atoms with Gasteiger partial charge in [-0.15, -0.1) is 0 Å². The van der Waals surface area contributed by atoms with Crippen molar-refractivity contribution in [3.63, 3.8) is 0 Å². The number of nitrogens with zero attached hydrogens (tertiary/aromatic N) is 1. The molecule has 0 bridgehead atoms. The molecule has 84 valence electrons. The number of fused-ring (bicyclic) bond motifs is 1. The molecule has 1 atom stereocenters. The Hall–Kier alpha value is -1.64. The van der Waals surface area contributed by atoms with Gasteiger partial charge in [-0.25, -0.2) is 0 Å². The molecule has 1 heterocycles. The highest BCUT2D eigenvalue weighted by Gasteiger charge is 2.21. The third-order valence-corrected chi connectivity index (χ3v) is 2.46. The average Bonchev–Trinajstić information content (AvgIpc) is 2.23. The average molecular weight is 217 g/mol. The minimum absolute atomic E-state index is 0.109. The van der Waals surface area contributed by atoms with Crippen LogP contribution in [0.1, 0.15) is 31.1 Å². The van der Waals surface area contributed by atoms with E-state index in [9.17, 15) is 4.79 Å². The van der Waals surface area contributed by atoms with Gasteiger partial charge in [0.2, 0.25) is 0 Å². The molecule has 0 saturated carbocycles. The smallest absolute Gasteiger partial charge is 0.173 e. The zero-order chi connectivity index (χ0) is 11.7. The summed E-state index contributed by atoms with van der Waals surface area (Å²) in [6.07, 6.45) is 1.80. The molecular formula is C13H15NO2. The maximum atomic E-state index is 11.9. The van der Waals surface area contributed by atoms with Crippen molar-refractivity contribution < 1.29 is 9.53 Å². The number of rotatable bonds is 2. The van der Waals surface area contributed by atoms with Crippen molar-refractivity contribution in [3.8, 4) is 5.75 Å². The molecule has 1 aromatic carbocycles. The fourth-order valence-corrected chi connectivity index (χ4v) is 1.68. The Morgan fingerprint density at radius 1 is 1.38 bits per heavy atom. The van der Waals surface area contributed by atoms with Crippen LogP contribution in [-0.4, -0.2) is 18.1 Å². The number of carbonyl (C=O) groups is 1. The van der Waals surface area contributed by atoms with Crippen LogP contribution in [0.25, 0.3) is 0 Å². The first-order valence-corrected chi connectivity index (χ1v) is 5.47. The van der Waals surface area contributed by atoms with E-state index in [4.69, 9.17) is 4.74 Å². The van der Waals surface area contributed by atoms with Gasteiger partial charge in [0.05, 0.1) is 17.7 Å². The van der Waals surface area contributed by atoms with Crippen molar-refractivity contribution in [1.29, 1.82) is 0 Å². The van der Waals surface area contributed by atoms with Crippen LogP contribution in [0.3, 0.4) is 0 Å². The Bertz CT molecular complexity index is 449. The van der Waals surface area contributed by atoms with E-state index in [1.807, 2.05) is 32.9 Å². The van der Waals surface area contributed by atoms with Crippen molar-refractivity contribution >= 4 is 17.7 Å². The summed E-state index contributed by atoms with van der Waals surface area (Å²) < 4.78 is 5.56. The van der Waals surface area contributed by atoms with Gasteiger partial charge in [0.15, 0.2) is 5.78 Å². The van der Waals surface area contributed by atoms with Crippen LogP contribution in [0.15, 0.2) is 23.2 Å². The monoisotopic (exact) mass is 217 g/mol. The van der Waals surface area contributed by atoms with Crippen molar-refractivity contribution in [1.82, 2.24) is 0 Å². The molecule has 0 fully saturated rings. The summed E-state index contributed by atoms with van der Waals surface area (Å²) in [6, 6.07) is 5.46. The van der Waals surface area contributed by atoms with E-state index in [-0.39, 0.29) is 17.8 Å². The number of carbonyl (C=O) groups excluding carboxylic acids is 1. The van der Waals surface area contributed by atoms with Gasteiger partial charge in [0.1, 0.15) is 5.75 Å². The Balaban J connectivity index is 2.38. The maximum absolute atomic E-state index is 11.9. The zero-order valence-corrected chi connectivity index (χ0v) is 9.73. The predicted octanol–water partition coefficient (Wildman–Crippen LogP) is 3.01. The molecule has 0 amide bonds. The molecule has 0 aliphatic carbocycles. The summed E-state index contributed by atoms with van der Waals surface area (Å²) in [7, 11) is 0. The SMILES string of the molecule is CC(C)Oc1ccc2c(c1)C(=O)C(C)C=N2. The van der Waals surface area contributed by atoms with E-state index in [0.717, 1.165) is 11.4 Å². The van der Waals surface area contributed by atoms with Crippen molar-refractivity contribution in [2.75, 3.05) is 0 Å². The zero-order valence-electron chi connectivity index (χ0n) is 9.73. The fraction of sp³-hybridized carbons (Fsp3) is 0.385. The van der Waals surface area contributed by atoms with Crippen LogP contribution >= 0.6 is 0 Å². The van der Waals surface area contributed by atoms with E-state index < -0.39 is 0 Å². The molecule has 0 spiro atoms. The molecule has 1 aliphatic rings. The standard InChI is InChI=1S/C13H15NO2/c1-8(2)16-10-4-5-12-11(6-10)13(15)9(3)7-14-12/h4-9H,1-3H3. The lowest BCUT2D eigenvalue weighted by Crippen LogP contribution is -2.16. The van der Waals surface area contributed by atoms with Gasteiger partial charge in [-0.3, -0.25) is 9.79 Å². The van der Waals surface area contributed by atoms with Crippen LogP contribution in [0.5, 0.6) is 5.75 Å². The van der Waals surface area contributed by atoms with Crippen molar-refractivity contribution in [2.45, 2.75) is 26.9 Å². The second kappa shape index (κ2) is 4.08. The molecule has 0 radical (unpaired) electrons. The summed E-state index contributed by atoms with van der Waals surface area (Å²) in [5, 5.41) is 0. The molecule has 3 heteroatoms. The molecular weight excluding hydrogens is 202 g/mol. The predicted molar refractivity (Wildman–Crippen MR) is 63.9 cm³/mol. The highest BCUT2D eigenvalue weighted by Crippen LogP contribution is 2.29. The maximum Gasteiger partial charge on any atom is 0.173 e. The number of Topliss-reactive ketones (excluding diaryl/α,β-unsaturated/α-hetero) is 1. The van der Waals surface area contributed by atoms with Crippen LogP contribution in [0, 0.1) is 5.92 Å². The minimum atomic E-state index is -0.137. The van der Waals surface area contributed by atoms with Crippen LogP contribution in [-0.2, 0) is 0 Å². The largest absolute Gasteiger partial charge is 0.491 e. The number of aliphatic imine (C=N–C) groups is 1. The van der Waals surface area contributed by atoms with Crippen LogP contribution < -0.4 is 4.74 Å². The summed E-state index contributed by atoms with van der Waals surface area (Å²) in [4.78, 5) is 16.2. The van der Waals surface area contributed by atoms with Crippen molar-refractivity contribution in [3.05, 3.63) is 23.8 Å². The number of ketones is 1. The normalized spacial score (nSPS) is 18.8. The second-order valence-corrected chi connectivity index (χ2v) is 4.28. The van der Waals surface area contributed by atoms with E-state index in [1.54, 1.807) is 12.3 Å². The first-order chi connectivity index (χ1) is 7.58. The van der Waals surface area contributed by atoms with Crippen molar-refractivity contribution in [2.24, 2.45) is 10.9 Å². The highest BCUT2D eigenvalue weighted by atomic mass is 16.5. The van der Waals surface area contributed by atoms with E-state index in [2.05, 4.69) is 4.99 Å². The Labute approximate surface area is 95.2 Å². The molecule has 1 aliphatic heterocycles. The minimum Gasteiger partial charge on any atom is -0.491 e. The second-order valence-electron chi connectivity index (χ2n) is 4.28. The Morgan fingerprint density at radius 3 is 2.81 bits per heavy atom. The van der Waals surface area contributed by atoms with Gasteiger partial charge in [0, 0.05) is 11.8 Å². The van der Waals surface area contributed by atoms with E-state index in [0.29, 0.717) is 5.56 Å². The molecule has 0 N–H and O–H groups in total. The lowest BCUT2D eigenvalue weighted by Gasteiger charge is -2.16. The fourth-order valence-electron chi connectivity index (χ4n) is 1.68. The summed E-state index contributed by atoms with van der Waals surface area (Å²) in [5.41, 5.74) is 1.40. The summed E-state index contributed by atoms with van der Waals surface area (Å²) in [6.45, 7) is 5.77. The number of benzene rings is 1. The van der Waals surface area contributed by atoms with Gasteiger partial charge < -0.3 is 4.74 Å². The van der Waals surface area contributed by atoms with Gasteiger partial charge in [0.25, 0.3) is 0 Å². The number of hydrogen-bond donors (Lipinski definition) is 0. The first kappa shape index (κ1) is 10.9. The highest BCUT2D eigenvalue weighted by molar-refractivity contribution is 6.12. The number of ether oxygens (including phenoxy) is 1. The van der Waals surface area contributed by atoms with Crippen LogP contribution in [0.2, 0.25) is 0 Å². The Morgan fingerprint density at radius 2 is 2.12 bits per heavy atom. The summed E-state index contributed by atoms with van der Waals surface area (Å²) >= 11 is 0. The van der Waals surface area contributed by atoms with Gasteiger partial charge in [-0.2, -0.15) is 0 Å². The molecule has 3 nitrogen and oxygen atoms in total. The number of hydrogen-bond acceptors (Lipinski definition) is 3. The van der Waals surface area contributed by atoms with Gasteiger partial charge in [-0.1, -0.05) is 6.92 Å². The molecule has 0 aromatic heterocycles. The molecule has 1 aromatic rings. The van der Waals surface area contributed by atoms with Gasteiger partial charge >= 0.3 is 0 Å². The molecule has 16 heavy (non-hydrogen) atoms. The third kappa shape index (κ3) is 1.98. The van der Waals surface area contributed by atoms with Gasteiger partial charge in [-0.05, 0) is 32.0 Å². The third-order valence-electron chi connectivity index (χ3n) is 2.46. The molecule has 2 rings (SSSR count). The topological polar surface area (TPSA) is 38.7 Å². The first-order valence-electron chi connectivity index (χ1n) is 5.47. The van der Waals surface area contributed by atoms with Crippen LogP contribution in [0.4, 0.5) is 5.69 Å². The lowest BCUT2D eigenvalue weighted by atomic mass is 9.96. The summed E-state index contributed by atoms with van der Waals surface area (Å²) in [5.74, 6) is 0.701. The Kier molecular flexibility index (Phi) is 2.77. The molecule has 1 unspecified atom stereocenters. The quantitative estimate of drug-likeness (QED) is 0.763. The lowest BCUT2D eigenvalue weighted by molar-refractivity contribution is 0.0961. The molecule has 0 saturated heterocycles. The van der Waals surface area contributed by atoms with E-state index >= 15 is 0 Å².